The number of nitrogens with one attached hydrogen (secondary N) is 1. The van der Waals surface area contributed by atoms with E-state index in [1.807, 2.05) is 6.07 Å². The van der Waals surface area contributed by atoms with Gasteiger partial charge in [0.2, 0.25) is 5.91 Å². The summed E-state index contributed by atoms with van der Waals surface area (Å²) >= 11 is 0. The SMILES string of the molecule is CCC(C)C1CN2C(=O)C(Cc3c[nH]c4ccccc34)N(C)CC2C1C. The summed E-state index contributed by atoms with van der Waals surface area (Å²) in [4.78, 5) is 21.2. The van der Waals surface area contributed by atoms with Crippen molar-refractivity contribution in [2.75, 3.05) is 20.1 Å². The van der Waals surface area contributed by atoms with E-state index in [2.05, 4.69) is 67.0 Å². The molecule has 1 N–H and O–H groups in total. The molecule has 2 aliphatic heterocycles. The summed E-state index contributed by atoms with van der Waals surface area (Å²) in [7, 11) is 2.12. The van der Waals surface area contributed by atoms with Crippen molar-refractivity contribution in [3.63, 3.8) is 0 Å². The number of H-pyrrole nitrogens is 1. The van der Waals surface area contributed by atoms with Gasteiger partial charge in [0, 0.05) is 36.2 Å². The molecule has 0 radical (unpaired) electrons. The summed E-state index contributed by atoms with van der Waals surface area (Å²) in [5.74, 6) is 2.23. The van der Waals surface area contributed by atoms with Crippen LogP contribution in [-0.2, 0) is 11.2 Å². The number of likely N-dealkylation sites (N-methyl/N-ethyl adjacent to an activating group) is 1. The van der Waals surface area contributed by atoms with Crippen molar-refractivity contribution in [1.82, 2.24) is 14.8 Å². The number of aromatic nitrogens is 1. The number of aromatic amines is 1. The smallest absolute Gasteiger partial charge is 0.240 e. The molecule has 1 aromatic carbocycles. The lowest BCUT2D eigenvalue weighted by atomic mass is 9.81. The number of carbonyl (C=O) groups is 1. The first kappa shape index (κ1) is 17.6. The van der Waals surface area contributed by atoms with E-state index in [0.29, 0.717) is 29.7 Å². The van der Waals surface area contributed by atoms with Crippen molar-refractivity contribution in [2.45, 2.75) is 45.7 Å². The highest BCUT2D eigenvalue weighted by Crippen LogP contribution is 2.39. The van der Waals surface area contributed by atoms with E-state index in [1.54, 1.807) is 0 Å². The Morgan fingerprint density at radius 2 is 2.04 bits per heavy atom. The van der Waals surface area contributed by atoms with Crippen molar-refractivity contribution in [3.8, 4) is 0 Å². The fourth-order valence-corrected chi connectivity index (χ4v) is 5.17. The van der Waals surface area contributed by atoms with E-state index in [0.717, 1.165) is 25.0 Å². The number of para-hydroxylation sites is 1. The molecule has 26 heavy (non-hydrogen) atoms. The molecule has 0 bridgehead atoms. The van der Waals surface area contributed by atoms with Crippen molar-refractivity contribution < 1.29 is 4.79 Å². The molecule has 2 aromatic rings. The van der Waals surface area contributed by atoms with E-state index >= 15 is 0 Å². The summed E-state index contributed by atoms with van der Waals surface area (Å²) in [6.07, 6.45) is 4.05. The molecule has 1 amide bonds. The zero-order chi connectivity index (χ0) is 18.4. The molecular weight excluding hydrogens is 322 g/mol. The quantitative estimate of drug-likeness (QED) is 0.913. The fraction of sp³-hybridized carbons (Fsp3) is 0.591. The molecule has 0 spiro atoms. The van der Waals surface area contributed by atoms with Crippen LogP contribution in [0.15, 0.2) is 30.5 Å². The van der Waals surface area contributed by atoms with Crippen LogP contribution in [0.3, 0.4) is 0 Å². The first-order valence-corrected chi connectivity index (χ1v) is 10.1. The fourth-order valence-electron chi connectivity index (χ4n) is 5.17. The number of carbonyl (C=O) groups excluding carboxylic acids is 1. The molecule has 5 unspecified atom stereocenters. The van der Waals surface area contributed by atoms with Gasteiger partial charge in [0.25, 0.3) is 0 Å². The monoisotopic (exact) mass is 353 g/mol. The summed E-state index contributed by atoms with van der Waals surface area (Å²) < 4.78 is 0. The second-order valence-electron chi connectivity index (χ2n) is 8.49. The number of rotatable bonds is 4. The second kappa shape index (κ2) is 6.73. The molecule has 4 heteroatoms. The maximum absolute atomic E-state index is 13.4. The highest BCUT2D eigenvalue weighted by Gasteiger charge is 2.48. The molecule has 2 fully saturated rings. The van der Waals surface area contributed by atoms with Crippen LogP contribution in [0, 0.1) is 17.8 Å². The minimum Gasteiger partial charge on any atom is -0.361 e. The lowest BCUT2D eigenvalue weighted by Gasteiger charge is -2.42. The predicted molar refractivity (Wildman–Crippen MR) is 106 cm³/mol. The van der Waals surface area contributed by atoms with Crippen LogP contribution in [0.5, 0.6) is 0 Å². The van der Waals surface area contributed by atoms with Crippen LogP contribution in [0.1, 0.15) is 32.8 Å². The summed E-state index contributed by atoms with van der Waals surface area (Å²) in [6.45, 7) is 8.90. The van der Waals surface area contributed by atoms with E-state index in [-0.39, 0.29) is 6.04 Å². The third-order valence-corrected chi connectivity index (χ3v) is 7.13. The molecule has 2 aliphatic rings. The topological polar surface area (TPSA) is 39.3 Å². The van der Waals surface area contributed by atoms with Gasteiger partial charge in [-0.1, -0.05) is 45.4 Å². The Bertz CT molecular complexity index is 798. The molecule has 0 aliphatic carbocycles. The number of fused-ring (bicyclic) bond motifs is 2. The first-order chi connectivity index (χ1) is 12.5. The Morgan fingerprint density at radius 1 is 1.27 bits per heavy atom. The van der Waals surface area contributed by atoms with Crippen LogP contribution in [0.4, 0.5) is 0 Å². The van der Waals surface area contributed by atoms with E-state index in [9.17, 15) is 4.79 Å². The summed E-state index contributed by atoms with van der Waals surface area (Å²) in [6, 6.07) is 8.69. The summed E-state index contributed by atoms with van der Waals surface area (Å²) in [5.41, 5.74) is 2.40. The number of piperazine rings is 1. The lowest BCUT2D eigenvalue weighted by Crippen LogP contribution is -2.59. The summed E-state index contributed by atoms with van der Waals surface area (Å²) in [5, 5.41) is 1.24. The third kappa shape index (κ3) is 2.75. The molecular formula is C22H31N3O. The molecule has 2 saturated heterocycles. The molecule has 1 aromatic heterocycles. The Hall–Kier alpha value is -1.81. The zero-order valence-corrected chi connectivity index (χ0v) is 16.4. The Morgan fingerprint density at radius 3 is 2.81 bits per heavy atom. The highest BCUT2D eigenvalue weighted by molar-refractivity contribution is 5.87. The number of hydrogen-bond acceptors (Lipinski definition) is 2. The standard InChI is InChI=1S/C22H31N3O/c1-5-14(2)18-12-25-21(15(18)3)13-24(4)20(22(25)26)10-16-11-23-19-9-7-6-8-17(16)19/h6-9,11,14-15,18,20-21,23H,5,10,12-13H2,1-4H3. The largest absolute Gasteiger partial charge is 0.361 e. The van der Waals surface area contributed by atoms with Gasteiger partial charge in [0.1, 0.15) is 0 Å². The molecule has 5 atom stereocenters. The van der Waals surface area contributed by atoms with Crippen LogP contribution in [0.25, 0.3) is 10.9 Å². The zero-order valence-electron chi connectivity index (χ0n) is 16.4. The van der Waals surface area contributed by atoms with Crippen molar-refractivity contribution in [1.29, 1.82) is 0 Å². The van der Waals surface area contributed by atoms with Gasteiger partial charge >= 0.3 is 0 Å². The Labute approximate surface area is 156 Å². The third-order valence-electron chi connectivity index (χ3n) is 7.13. The maximum atomic E-state index is 13.4. The number of amides is 1. The lowest BCUT2D eigenvalue weighted by molar-refractivity contribution is -0.143. The van der Waals surface area contributed by atoms with Gasteiger partial charge in [-0.05, 0) is 42.9 Å². The second-order valence-corrected chi connectivity index (χ2v) is 8.49. The van der Waals surface area contributed by atoms with Crippen molar-refractivity contribution >= 4 is 16.8 Å². The Kier molecular flexibility index (Phi) is 4.55. The number of nitrogens with zero attached hydrogens (tertiary/aromatic N) is 2. The molecule has 3 heterocycles. The normalized spacial score (nSPS) is 30.8. The Balaban J connectivity index is 1.57. The van der Waals surface area contributed by atoms with Crippen LogP contribution < -0.4 is 0 Å². The van der Waals surface area contributed by atoms with Gasteiger partial charge in [-0.15, -0.1) is 0 Å². The van der Waals surface area contributed by atoms with Gasteiger partial charge in [-0.25, -0.2) is 0 Å². The van der Waals surface area contributed by atoms with Gasteiger partial charge in [0.05, 0.1) is 6.04 Å². The number of hydrogen-bond donors (Lipinski definition) is 1. The van der Waals surface area contributed by atoms with Crippen molar-refractivity contribution in [2.24, 2.45) is 17.8 Å². The van der Waals surface area contributed by atoms with E-state index < -0.39 is 0 Å². The molecule has 0 saturated carbocycles. The molecule has 140 valence electrons. The van der Waals surface area contributed by atoms with Gasteiger partial charge in [-0.3, -0.25) is 9.69 Å². The molecule has 4 rings (SSSR count). The average Bonchev–Trinajstić information content (AvgIpc) is 3.20. The average molecular weight is 354 g/mol. The van der Waals surface area contributed by atoms with Gasteiger partial charge in [0.15, 0.2) is 0 Å². The number of benzene rings is 1. The highest BCUT2D eigenvalue weighted by atomic mass is 16.2. The minimum absolute atomic E-state index is 0.0478. The molecule has 4 nitrogen and oxygen atoms in total. The van der Waals surface area contributed by atoms with Gasteiger partial charge < -0.3 is 9.88 Å². The van der Waals surface area contributed by atoms with Crippen LogP contribution in [0.2, 0.25) is 0 Å². The predicted octanol–water partition coefficient (Wildman–Crippen LogP) is 3.53. The van der Waals surface area contributed by atoms with E-state index in [4.69, 9.17) is 0 Å². The van der Waals surface area contributed by atoms with E-state index in [1.165, 1.54) is 17.4 Å². The van der Waals surface area contributed by atoms with Crippen LogP contribution in [-0.4, -0.2) is 52.9 Å². The van der Waals surface area contributed by atoms with Gasteiger partial charge in [-0.2, -0.15) is 0 Å². The van der Waals surface area contributed by atoms with Crippen LogP contribution >= 0.6 is 0 Å². The minimum atomic E-state index is -0.0478. The first-order valence-electron chi connectivity index (χ1n) is 10.1. The maximum Gasteiger partial charge on any atom is 0.240 e. The van der Waals surface area contributed by atoms with Crippen molar-refractivity contribution in [3.05, 3.63) is 36.0 Å².